The Morgan fingerprint density at radius 1 is 1.50 bits per heavy atom. The Balaban J connectivity index is 2.55. The van der Waals surface area contributed by atoms with Crippen LogP contribution in [0.2, 0.25) is 0 Å². The Morgan fingerprint density at radius 3 is 2.86 bits per heavy atom. The summed E-state index contributed by atoms with van der Waals surface area (Å²) in [6, 6.07) is 5.53. The quantitative estimate of drug-likeness (QED) is 0.665. The fourth-order valence-electron chi connectivity index (χ4n) is 1.82. The molecule has 2 rings (SSSR count). The van der Waals surface area contributed by atoms with E-state index in [1.54, 1.807) is 0 Å². The van der Waals surface area contributed by atoms with Gasteiger partial charge in [-0.3, -0.25) is 9.59 Å². The number of Topliss-reactive ketones (excluding diaryl/α,β-unsaturated/α-hetero) is 1. The van der Waals surface area contributed by atoms with Crippen LogP contribution in [0.4, 0.5) is 0 Å². The van der Waals surface area contributed by atoms with Gasteiger partial charge in [0.2, 0.25) is 5.24 Å². The molecule has 0 spiro atoms. The van der Waals surface area contributed by atoms with E-state index in [0.717, 1.165) is 11.1 Å². The molecule has 0 amide bonds. The van der Waals surface area contributed by atoms with Crippen LogP contribution in [0.3, 0.4) is 0 Å². The highest BCUT2D eigenvalue weighted by Gasteiger charge is 2.33. The van der Waals surface area contributed by atoms with E-state index in [1.807, 2.05) is 25.1 Å². The Bertz CT molecular complexity index is 423. The average Bonchev–Trinajstić information content (AvgIpc) is 2.44. The van der Waals surface area contributed by atoms with Crippen molar-refractivity contribution < 1.29 is 9.59 Å². The van der Waals surface area contributed by atoms with E-state index in [4.69, 9.17) is 11.6 Å². The van der Waals surface area contributed by atoms with Gasteiger partial charge in [-0.2, -0.15) is 0 Å². The average molecular weight is 209 g/mol. The minimum Gasteiger partial charge on any atom is -0.294 e. The number of hydrogen-bond acceptors (Lipinski definition) is 2. The summed E-state index contributed by atoms with van der Waals surface area (Å²) in [6.45, 7) is 1.92. The van der Waals surface area contributed by atoms with Crippen LogP contribution in [-0.2, 0) is 4.79 Å². The fourth-order valence-corrected chi connectivity index (χ4v) is 2.02. The highest BCUT2D eigenvalue weighted by atomic mass is 35.5. The minimum absolute atomic E-state index is 0.0164. The highest BCUT2D eigenvalue weighted by Crippen LogP contribution is 2.34. The number of carbonyl (C=O) groups is 2. The van der Waals surface area contributed by atoms with Crippen molar-refractivity contribution in [2.24, 2.45) is 0 Å². The Labute approximate surface area is 86.9 Å². The molecule has 0 aliphatic heterocycles. The lowest BCUT2D eigenvalue weighted by atomic mass is 10.0. The van der Waals surface area contributed by atoms with Crippen molar-refractivity contribution >= 4 is 22.6 Å². The summed E-state index contributed by atoms with van der Waals surface area (Å²) in [5.41, 5.74) is 2.46. The summed E-state index contributed by atoms with van der Waals surface area (Å²) in [6.07, 6.45) is 0.223. The van der Waals surface area contributed by atoms with Gasteiger partial charge in [0.05, 0.1) is 5.92 Å². The summed E-state index contributed by atoms with van der Waals surface area (Å²) in [7, 11) is 0. The Hall–Kier alpha value is -1.15. The van der Waals surface area contributed by atoms with Gasteiger partial charge in [-0.15, -0.1) is 0 Å². The van der Waals surface area contributed by atoms with Crippen molar-refractivity contribution in [1.29, 1.82) is 0 Å². The van der Waals surface area contributed by atoms with Crippen molar-refractivity contribution in [2.45, 2.75) is 19.3 Å². The molecule has 1 unspecified atom stereocenters. The van der Waals surface area contributed by atoms with Gasteiger partial charge in [0.25, 0.3) is 0 Å². The molecular weight excluding hydrogens is 200 g/mol. The van der Waals surface area contributed by atoms with Crippen molar-refractivity contribution in [1.82, 2.24) is 0 Å². The molecule has 0 saturated carbocycles. The number of hydrogen-bond donors (Lipinski definition) is 0. The molecule has 14 heavy (non-hydrogen) atoms. The molecule has 1 aromatic carbocycles. The van der Waals surface area contributed by atoms with Crippen LogP contribution in [0.25, 0.3) is 0 Å². The second kappa shape index (κ2) is 3.21. The molecule has 0 fully saturated rings. The van der Waals surface area contributed by atoms with Crippen LogP contribution in [0.5, 0.6) is 0 Å². The Morgan fingerprint density at radius 2 is 2.21 bits per heavy atom. The van der Waals surface area contributed by atoms with Crippen LogP contribution >= 0.6 is 11.6 Å². The second-order valence-electron chi connectivity index (χ2n) is 3.57. The van der Waals surface area contributed by atoms with E-state index in [2.05, 4.69) is 0 Å². The number of benzene rings is 1. The van der Waals surface area contributed by atoms with Gasteiger partial charge in [0.15, 0.2) is 5.78 Å². The molecule has 1 atom stereocenters. The molecule has 3 heteroatoms. The third-order valence-electron chi connectivity index (χ3n) is 2.55. The maximum atomic E-state index is 11.5. The third-order valence-corrected chi connectivity index (χ3v) is 2.81. The molecule has 0 aromatic heterocycles. The minimum atomic E-state index is -0.444. The van der Waals surface area contributed by atoms with Gasteiger partial charge in [-0.05, 0) is 30.2 Å². The molecular formula is C11H9ClO2. The van der Waals surface area contributed by atoms with Gasteiger partial charge in [0.1, 0.15) is 0 Å². The van der Waals surface area contributed by atoms with Crippen LogP contribution < -0.4 is 0 Å². The molecule has 1 aliphatic carbocycles. The first-order valence-corrected chi connectivity index (χ1v) is 4.80. The summed E-state index contributed by atoms with van der Waals surface area (Å²) in [5, 5.41) is -0.444. The van der Waals surface area contributed by atoms with Crippen LogP contribution in [0.1, 0.15) is 33.8 Å². The molecule has 0 N–H and O–H groups in total. The van der Waals surface area contributed by atoms with E-state index in [1.165, 1.54) is 0 Å². The molecule has 0 saturated heterocycles. The van der Waals surface area contributed by atoms with Crippen molar-refractivity contribution in [3.05, 3.63) is 34.9 Å². The summed E-state index contributed by atoms with van der Waals surface area (Å²) >= 11 is 5.43. The summed E-state index contributed by atoms with van der Waals surface area (Å²) < 4.78 is 0. The first kappa shape index (κ1) is 9.41. The third kappa shape index (κ3) is 1.36. The van der Waals surface area contributed by atoms with Gasteiger partial charge >= 0.3 is 0 Å². The largest absolute Gasteiger partial charge is 0.294 e. The maximum Gasteiger partial charge on any atom is 0.229 e. The van der Waals surface area contributed by atoms with E-state index >= 15 is 0 Å². The maximum absolute atomic E-state index is 11.5. The highest BCUT2D eigenvalue weighted by molar-refractivity contribution is 6.65. The topological polar surface area (TPSA) is 34.1 Å². The zero-order valence-corrected chi connectivity index (χ0v) is 8.47. The smallest absolute Gasteiger partial charge is 0.229 e. The van der Waals surface area contributed by atoms with E-state index < -0.39 is 11.2 Å². The molecule has 1 aliphatic rings. The number of carbonyl (C=O) groups excluding carboxylic acids is 2. The predicted octanol–water partition coefficient (Wildman–Crippen LogP) is 2.43. The van der Waals surface area contributed by atoms with Gasteiger partial charge in [0, 0.05) is 12.0 Å². The monoisotopic (exact) mass is 208 g/mol. The summed E-state index contributed by atoms with van der Waals surface area (Å²) in [4.78, 5) is 22.6. The lowest BCUT2D eigenvalue weighted by molar-refractivity contribution is -0.112. The lowest BCUT2D eigenvalue weighted by Crippen LogP contribution is -2.02. The Kier molecular flexibility index (Phi) is 2.16. The van der Waals surface area contributed by atoms with E-state index in [9.17, 15) is 9.59 Å². The van der Waals surface area contributed by atoms with Crippen LogP contribution in [0, 0.1) is 6.92 Å². The van der Waals surface area contributed by atoms with Crippen LogP contribution in [-0.4, -0.2) is 11.0 Å². The van der Waals surface area contributed by atoms with E-state index in [-0.39, 0.29) is 12.2 Å². The standard InChI is InChI=1S/C11H9ClO2/c1-6-2-3-7-8(4-6)10(13)5-9(7)11(12)14/h2-4,9H,5H2,1H3. The number of rotatable bonds is 1. The molecule has 0 radical (unpaired) electrons. The molecule has 72 valence electrons. The number of fused-ring (bicyclic) bond motifs is 1. The number of aryl methyl sites for hydroxylation is 1. The predicted molar refractivity (Wildman–Crippen MR) is 53.7 cm³/mol. The summed E-state index contributed by atoms with van der Waals surface area (Å²) in [5.74, 6) is -0.414. The van der Waals surface area contributed by atoms with Crippen LogP contribution in [0.15, 0.2) is 18.2 Å². The molecule has 0 heterocycles. The zero-order valence-electron chi connectivity index (χ0n) is 7.71. The number of halogens is 1. The molecule has 0 bridgehead atoms. The zero-order chi connectivity index (χ0) is 10.3. The first-order chi connectivity index (χ1) is 6.59. The SMILES string of the molecule is Cc1ccc2c(c1)C(=O)CC2C(=O)Cl. The first-order valence-electron chi connectivity index (χ1n) is 4.42. The van der Waals surface area contributed by atoms with Gasteiger partial charge < -0.3 is 0 Å². The lowest BCUT2D eigenvalue weighted by Gasteiger charge is -2.04. The van der Waals surface area contributed by atoms with Crippen molar-refractivity contribution in [3.8, 4) is 0 Å². The molecule has 2 nitrogen and oxygen atoms in total. The molecule has 1 aromatic rings. The second-order valence-corrected chi connectivity index (χ2v) is 3.95. The van der Waals surface area contributed by atoms with Crippen molar-refractivity contribution in [2.75, 3.05) is 0 Å². The van der Waals surface area contributed by atoms with Gasteiger partial charge in [-0.1, -0.05) is 17.7 Å². The van der Waals surface area contributed by atoms with Crippen molar-refractivity contribution in [3.63, 3.8) is 0 Å². The van der Waals surface area contributed by atoms with Gasteiger partial charge in [-0.25, -0.2) is 0 Å². The number of ketones is 1. The fraction of sp³-hybridized carbons (Fsp3) is 0.273. The normalized spacial score (nSPS) is 19.6. The van der Waals surface area contributed by atoms with E-state index in [0.29, 0.717) is 5.56 Å².